The van der Waals surface area contributed by atoms with Crippen molar-refractivity contribution in [2.24, 2.45) is 0 Å². The zero-order valence-corrected chi connectivity index (χ0v) is 12.6. The molecule has 0 aliphatic carbocycles. The fraction of sp³-hybridized carbons (Fsp3) is 0.235. The highest BCUT2D eigenvalue weighted by molar-refractivity contribution is 6.05. The first-order chi connectivity index (χ1) is 10.6. The molecule has 0 amide bonds. The van der Waals surface area contributed by atoms with Crippen LogP contribution in [0.1, 0.15) is 35.1 Å². The van der Waals surface area contributed by atoms with E-state index in [1.165, 1.54) is 25.4 Å². The molecule has 1 aromatic heterocycles. The molecule has 0 saturated heterocycles. The van der Waals surface area contributed by atoms with E-state index in [4.69, 9.17) is 4.74 Å². The molecular formula is C17H18N2O3. The summed E-state index contributed by atoms with van der Waals surface area (Å²) in [4.78, 5) is 20.4. The Kier molecular flexibility index (Phi) is 5.25. The van der Waals surface area contributed by atoms with Crippen molar-refractivity contribution in [3.63, 3.8) is 0 Å². The SMILES string of the molecule is CCCc1cnc(C(=O)/C=C/c2ccc(O)c(OC)c2)cn1. The van der Waals surface area contributed by atoms with E-state index in [1.807, 2.05) is 0 Å². The highest BCUT2D eigenvalue weighted by atomic mass is 16.5. The number of benzene rings is 1. The quantitative estimate of drug-likeness (QED) is 0.655. The second-order valence-corrected chi connectivity index (χ2v) is 4.77. The average molecular weight is 298 g/mol. The summed E-state index contributed by atoms with van der Waals surface area (Å²) in [5.74, 6) is 0.198. The van der Waals surface area contributed by atoms with E-state index in [1.54, 1.807) is 24.4 Å². The Morgan fingerprint density at radius 3 is 2.77 bits per heavy atom. The van der Waals surface area contributed by atoms with Gasteiger partial charge in [-0.25, -0.2) is 4.98 Å². The second kappa shape index (κ2) is 7.36. The van der Waals surface area contributed by atoms with Gasteiger partial charge in [-0.05, 0) is 30.2 Å². The third-order valence-electron chi connectivity index (χ3n) is 3.09. The van der Waals surface area contributed by atoms with Gasteiger partial charge in [-0.3, -0.25) is 9.78 Å². The number of hydrogen-bond acceptors (Lipinski definition) is 5. The molecule has 5 nitrogen and oxygen atoms in total. The first kappa shape index (κ1) is 15.7. The largest absolute Gasteiger partial charge is 0.504 e. The van der Waals surface area contributed by atoms with E-state index >= 15 is 0 Å². The topological polar surface area (TPSA) is 72.3 Å². The molecule has 1 heterocycles. The van der Waals surface area contributed by atoms with Crippen molar-refractivity contribution >= 4 is 11.9 Å². The Labute approximate surface area is 129 Å². The van der Waals surface area contributed by atoms with Crippen LogP contribution in [0.3, 0.4) is 0 Å². The molecule has 2 aromatic rings. The van der Waals surface area contributed by atoms with Crippen LogP contribution >= 0.6 is 0 Å². The summed E-state index contributed by atoms with van der Waals surface area (Å²) in [6, 6.07) is 4.86. The van der Waals surface area contributed by atoms with Gasteiger partial charge in [-0.15, -0.1) is 0 Å². The molecule has 1 N–H and O–H groups in total. The Morgan fingerprint density at radius 1 is 1.32 bits per heavy atom. The highest BCUT2D eigenvalue weighted by Crippen LogP contribution is 2.26. The Morgan fingerprint density at radius 2 is 2.14 bits per heavy atom. The van der Waals surface area contributed by atoms with E-state index in [2.05, 4.69) is 16.9 Å². The number of aromatic nitrogens is 2. The first-order valence-corrected chi connectivity index (χ1v) is 7.04. The minimum Gasteiger partial charge on any atom is -0.504 e. The van der Waals surface area contributed by atoms with Crippen LogP contribution in [0, 0.1) is 0 Å². The first-order valence-electron chi connectivity index (χ1n) is 7.04. The van der Waals surface area contributed by atoms with Crippen LogP contribution in [0.15, 0.2) is 36.7 Å². The van der Waals surface area contributed by atoms with E-state index in [0.717, 1.165) is 24.1 Å². The van der Waals surface area contributed by atoms with Crippen LogP contribution in [0.4, 0.5) is 0 Å². The molecule has 0 aliphatic rings. The van der Waals surface area contributed by atoms with Gasteiger partial charge in [0.15, 0.2) is 11.5 Å². The van der Waals surface area contributed by atoms with Gasteiger partial charge < -0.3 is 9.84 Å². The predicted octanol–water partition coefficient (Wildman–Crippen LogP) is 3.04. The van der Waals surface area contributed by atoms with Crippen molar-refractivity contribution in [1.29, 1.82) is 0 Å². The van der Waals surface area contributed by atoms with Crippen molar-refractivity contribution in [3.05, 3.63) is 53.6 Å². The monoisotopic (exact) mass is 298 g/mol. The van der Waals surface area contributed by atoms with Gasteiger partial charge in [-0.2, -0.15) is 0 Å². The smallest absolute Gasteiger partial charge is 0.205 e. The molecule has 0 unspecified atom stereocenters. The van der Waals surface area contributed by atoms with Gasteiger partial charge in [0.05, 0.1) is 19.0 Å². The van der Waals surface area contributed by atoms with Gasteiger partial charge >= 0.3 is 0 Å². The van der Waals surface area contributed by atoms with Crippen molar-refractivity contribution < 1.29 is 14.6 Å². The maximum atomic E-state index is 12.0. The van der Waals surface area contributed by atoms with Crippen molar-refractivity contribution in [3.8, 4) is 11.5 Å². The van der Waals surface area contributed by atoms with Crippen LogP contribution < -0.4 is 4.74 Å². The second-order valence-electron chi connectivity index (χ2n) is 4.77. The van der Waals surface area contributed by atoms with Crippen molar-refractivity contribution in [2.45, 2.75) is 19.8 Å². The summed E-state index contributed by atoms with van der Waals surface area (Å²) in [6.45, 7) is 2.06. The minimum atomic E-state index is -0.220. The number of methoxy groups -OCH3 is 1. The number of aromatic hydroxyl groups is 1. The van der Waals surface area contributed by atoms with E-state index in [9.17, 15) is 9.90 Å². The standard InChI is InChI=1S/C17H18N2O3/c1-3-4-13-10-19-14(11-18-13)15(20)7-5-12-6-8-16(21)17(9-12)22-2/h5-11,21H,3-4H2,1-2H3/b7-5+. The summed E-state index contributed by atoms with van der Waals surface area (Å²) in [5.41, 5.74) is 1.94. The van der Waals surface area contributed by atoms with Crippen LogP contribution in [-0.4, -0.2) is 28.0 Å². The molecule has 0 aliphatic heterocycles. The zero-order chi connectivity index (χ0) is 15.9. The van der Waals surface area contributed by atoms with E-state index in [0.29, 0.717) is 11.4 Å². The number of hydrogen-bond donors (Lipinski definition) is 1. The van der Waals surface area contributed by atoms with E-state index in [-0.39, 0.29) is 11.5 Å². The van der Waals surface area contributed by atoms with Crippen LogP contribution in [0.5, 0.6) is 11.5 Å². The number of ether oxygens (including phenoxy) is 1. The average Bonchev–Trinajstić information content (AvgIpc) is 2.55. The van der Waals surface area contributed by atoms with Gasteiger partial charge in [0, 0.05) is 6.20 Å². The molecule has 22 heavy (non-hydrogen) atoms. The lowest BCUT2D eigenvalue weighted by molar-refractivity contribution is 0.104. The number of allylic oxidation sites excluding steroid dienone is 1. The maximum absolute atomic E-state index is 12.0. The molecular weight excluding hydrogens is 280 g/mol. The number of nitrogens with zero attached hydrogens (tertiary/aromatic N) is 2. The highest BCUT2D eigenvalue weighted by Gasteiger charge is 2.05. The Hall–Kier alpha value is -2.69. The Balaban J connectivity index is 2.10. The number of ketones is 1. The lowest BCUT2D eigenvalue weighted by atomic mass is 10.1. The fourth-order valence-electron chi connectivity index (χ4n) is 1.92. The van der Waals surface area contributed by atoms with Crippen LogP contribution in [0.2, 0.25) is 0 Å². The van der Waals surface area contributed by atoms with Crippen molar-refractivity contribution in [1.82, 2.24) is 9.97 Å². The number of rotatable bonds is 6. The molecule has 0 radical (unpaired) electrons. The molecule has 2 rings (SSSR count). The molecule has 0 spiro atoms. The third kappa shape index (κ3) is 3.91. The molecule has 1 aromatic carbocycles. The fourth-order valence-corrected chi connectivity index (χ4v) is 1.92. The number of aryl methyl sites for hydroxylation is 1. The normalized spacial score (nSPS) is 10.8. The molecule has 0 bridgehead atoms. The van der Waals surface area contributed by atoms with Gasteiger partial charge in [0.25, 0.3) is 0 Å². The summed E-state index contributed by atoms with van der Waals surface area (Å²) in [5, 5.41) is 9.53. The molecule has 5 heteroatoms. The Bertz CT molecular complexity index is 679. The lowest BCUT2D eigenvalue weighted by Gasteiger charge is -2.03. The summed E-state index contributed by atoms with van der Waals surface area (Å²) in [6.07, 6.45) is 8.04. The van der Waals surface area contributed by atoms with Gasteiger partial charge in [0.2, 0.25) is 5.78 Å². The predicted molar refractivity (Wildman–Crippen MR) is 84.1 cm³/mol. The number of carbonyl (C=O) groups is 1. The third-order valence-corrected chi connectivity index (χ3v) is 3.09. The van der Waals surface area contributed by atoms with Crippen LogP contribution in [-0.2, 0) is 6.42 Å². The summed E-state index contributed by atoms with van der Waals surface area (Å²) >= 11 is 0. The number of phenols is 1. The molecule has 0 atom stereocenters. The zero-order valence-electron chi connectivity index (χ0n) is 12.6. The lowest BCUT2D eigenvalue weighted by Crippen LogP contribution is -2.01. The minimum absolute atomic E-state index is 0.0587. The van der Waals surface area contributed by atoms with Crippen LogP contribution in [0.25, 0.3) is 6.08 Å². The maximum Gasteiger partial charge on any atom is 0.205 e. The molecule has 114 valence electrons. The van der Waals surface area contributed by atoms with Gasteiger partial charge in [-0.1, -0.05) is 25.5 Å². The summed E-state index contributed by atoms with van der Waals surface area (Å²) in [7, 11) is 1.47. The number of phenolic OH excluding ortho intramolecular Hbond substituents is 1. The van der Waals surface area contributed by atoms with Crippen molar-refractivity contribution in [2.75, 3.05) is 7.11 Å². The van der Waals surface area contributed by atoms with Gasteiger partial charge in [0.1, 0.15) is 5.69 Å². The van der Waals surface area contributed by atoms with E-state index < -0.39 is 0 Å². The molecule has 0 fully saturated rings. The number of carbonyl (C=O) groups excluding carboxylic acids is 1. The molecule has 0 saturated carbocycles. The summed E-state index contributed by atoms with van der Waals surface area (Å²) < 4.78 is 5.02.